The van der Waals surface area contributed by atoms with Crippen molar-refractivity contribution in [3.8, 4) is 20.9 Å². The molecule has 0 amide bonds. The van der Waals surface area contributed by atoms with Gasteiger partial charge in [0.15, 0.2) is 0 Å². The van der Waals surface area contributed by atoms with Crippen LogP contribution in [0.2, 0.25) is 0 Å². The Kier molecular flexibility index (Phi) is 7.04. The van der Waals surface area contributed by atoms with Crippen molar-refractivity contribution < 1.29 is 0 Å². The molecule has 0 radical (unpaired) electrons. The monoisotopic (exact) mass is 552 g/mol. The third kappa shape index (κ3) is 4.74. The van der Waals surface area contributed by atoms with E-state index < -0.39 is 0 Å². The molecule has 6 rings (SSSR count). The first-order valence-corrected chi connectivity index (χ1v) is 16.5. The average molecular weight is 553 g/mol. The molecular weight excluding hydrogens is 525 g/mol. The van der Waals surface area contributed by atoms with Crippen molar-refractivity contribution in [3.63, 3.8) is 0 Å². The molecule has 7 heteroatoms. The number of fused-ring (bicyclic) bond motifs is 3. The molecule has 5 heterocycles. The van der Waals surface area contributed by atoms with Gasteiger partial charge in [-0.25, -0.2) is 0 Å². The van der Waals surface area contributed by atoms with Crippen molar-refractivity contribution in [2.24, 2.45) is 0 Å². The van der Waals surface area contributed by atoms with Gasteiger partial charge < -0.3 is 0 Å². The number of unbranched alkanes of at least 4 members (excludes halogenated alkanes) is 4. The highest BCUT2D eigenvalue weighted by atomic mass is 32.1. The standard InChI is InChI=1S/C28H28N2S5/c1-3-5-7-9-17-13-23-25(31-17)15-21(33-23)19-11-12-20(28-27(19)29-35-30-28)22-16-26-24(34-22)14-18(32-26)10-8-6-4-2/h11-16H,3-10H2,1-2H3. The lowest BCUT2D eigenvalue weighted by Gasteiger charge is -2.03. The van der Waals surface area contributed by atoms with E-state index in [1.165, 1.54) is 113 Å². The molecule has 0 bridgehead atoms. The number of rotatable bonds is 10. The van der Waals surface area contributed by atoms with Gasteiger partial charge >= 0.3 is 0 Å². The Morgan fingerprint density at radius 2 is 1.03 bits per heavy atom. The lowest BCUT2D eigenvalue weighted by molar-refractivity contribution is 0.723. The molecule has 0 N–H and O–H groups in total. The third-order valence-electron chi connectivity index (χ3n) is 6.52. The van der Waals surface area contributed by atoms with E-state index >= 15 is 0 Å². The van der Waals surface area contributed by atoms with E-state index in [1.807, 2.05) is 45.3 Å². The second kappa shape index (κ2) is 10.4. The van der Waals surface area contributed by atoms with Crippen LogP contribution in [0.15, 0.2) is 36.4 Å². The van der Waals surface area contributed by atoms with Gasteiger partial charge in [0.25, 0.3) is 0 Å². The lowest BCUT2D eigenvalue weighted by atomic mass is 10.1. The molecule has 35 heavy (non-hydrogen) atoms. The van der Waals surface area contributed by atoms with Crippen molar-refractivity contribution >= 4 is 86.9 Å². The predicted octanol–water partition coefficient (Wildman–Crippen LogP) is 11.0. The van der Waals surface area contributed by atoms with Crippen LogP contribution in [-0.4, -0.2) is 8.75 Å². The number of aromatic nitrogens is 2. The molecule has 0 aliphatic carbocycles. The Hall–Kier alpha value is -1.64. The maximum atomic E-state index is 4.75. The van der Waals surface area contributed by atoms with Crippen LogP contribution in [0.1, 0.15) is 62.1 Å². The Balaban J connectivity index is 1.29. The molecule has 6 aromatic rings. The fourth-order valence-electron chi connectivity index (χ4n) is 4.65. The van der Waals surface area contributed by atoms with Gasteiger partial charge in [-0.15, -0.1) is 45.3 Å². The van der Waals surface area contributed by atoms with Gasteiger partial charge in [-0.3, -0.25) is 0 Å². The summed E-state index contributed by atoms with van der Waals surface area (Å²) in [5.41, 5.74) is 4.52. The van der Waals surface area contributed by atoms with Crippen LogP contribution in [0, 0.1) is 0 Å². The summed E-state index contributed by atoms with van der Waals surface area (Å²) in [6, 6.07) is 14.1. The maximum absolute atomic E-state index is 4.75. The predicted molar refractivity (Wildman–Crippen MR) is 161 cm³/mol. The lowest BCUT2D eigenvalue weighted by Crippen LogP contribution is -1.82. The second-order valence-corrected chi connectivity index (χ2v) is 14.2. The van der Waals surface area contributed by atoms with Gasteiger partial charge in [0.2, 0.25) is 0 Å². The highest BCUT2D eigenvalue weighted by Crippen LogP contribution is 2.45. The summed E-state index contributed by atoms with van der Waals surface area (Å²) < 4.78 is 15.1. The normalized spacial score (nSPS) is 12.1. The van der Waals surface area contributed by atoms with E-state index in [9.17, 15) is 0 Å². The van der Waals surface area contributed by atoms with E-state index in [4.69, 9.17) is 8.75 Å². The van der Waals surface area contributed by atoms with Gasteiger partial charge in [0.05, 0.1) is 11.7 Å². The molecule has 0 aliphatic heterocycles. The molecule has 0 atom stereocenters. The summed E-state index contributed by atoms with van der Waals surface area (Å²) in [5, 5.41) is 0. The van der Waals surface area contributed by atoms with Gasteiger partial charge in [0, 0.05) is 49.4 Å². The molecule has 0 saturated heterocycles. The average Bonchev–Trinajstić information content (AvgIpc) is 3.64. The second-order valence-electron chi connectivity index (χ2n) is 9.14. The van der Waals surface area contributed by atoms with Gasteiger partial charge in [0.1, 0.15) is 11.0 Å². The van der Waals surface area contributed by atoms with Crippen molar-refractivity contribution in [3.05, 3.63) is 46.2 Å². The summed E-state index contributed by atoms with van der Waals surface area (Å²) in [4.78, 5) is 5.65. The fraction of sp³-hybridized carbons (Fsp3) is 0.357. The van der Waals surface area contributed by atoms with Crippen LogP contribution in [0.3, 0.4) is 0 Å². The summed E-state index contributed by atoms with van der Waals surface area (Å²) in [6.45, 7) is 4.54. The summed E-state index contributed by atoms with van der Waals surface area (Å²) in [5.74, 6) is 0. The van der Waals surface area contributed by atoms with E-state index in [0.29, 0.717) is 0 Å². The minimum Gasteiger partial charge on any atom is -0.172 e. The minimum atomic E-state index is 1.04. The molecule has 5 aromatic heterocycles. The smallest absolute Gasteiger partial charge is 0.114 e. The van der Waals surface area contributed by atoms with Crippen molar-refractivity contribution in [1.29, 1.82) is 0 Å². The van der Waals surface area contributed by atoms with Gasteiger partial charge in [-0.2, -0.15) is 8.75 Å². The Morgan fingerprint density at radius 1 is 0.571 bits per heavy atom. The van der Waals surface area contributed by atoms with E-state index in [-0.39, 0.29) is 0 Å². The Labute approximate surface area is 226 Å². The topological polar surface area (TPSA) is 25.8 Å². The van der Waals surface area contributed by atoms with Crippen LogP contribution in [-0.2, 0) is 12.8 Å². The highest BCUT2D eigenvalue weighted by Gasteiger charge is 2.18. The summed E-state index contributed by atoms with van der Waals surface area (Å²) >= 11 is 9.05. The van der Waals surface area contributed by atoms with Crippen molar-refractivity contribution in [2.75, 3.05) is 0 Å². The Bertz CT molecular complexity index is 1410. The molecule has 1 aromatic carbocycles. The molecule has 0 fully saturated rings. The molecule has 2 nitrogen and oxygen atoms in total. The molecule has 0 spiro atoms. The maximum Gasteiger partial charge on any atom is 0.114 e. The summed E-state index contributed by atoms with van der Waals surface area (Å²) in [7, 11) is 0. The SMILES string of the molecule is CCCCCc1cc2sc(-c3ccc(-c4cc5sc(CCCCC)cc5s4)c4nsnc34)cc2s1. The van der Waals surface area contributed by atoms with Crippen molar-refractivity contribution in [1.82, 2.24) is 8.75 Å². The first kappa shape index (κ1) is 23.7. The fourth-order valence-corrected chi connectivity index (χ4v) is 10.2. The number of benzene rings is 1. The van der Waals surface area contributed by atoms with Gasteiger partial charge in [-0.05, 0) is 49.9 Å². The van der Waals surface area contributed by atoms with Crippen LogP contribution in [0.25, 0.3) is 50.7 Å². The molecular formula is C28H28N2S5. The summed E-state index contributed by atoms with van der Waals surface area (Å²) in [6.07, 6.45) is 10.2. The first-order valence-electron chi connectivity index (χ1n) is 12.5. The quantitative estimate of drug-likeness (QED) is 0.158. The zero-order chi connectivity index (χ0) is 23.8. The molecule has 0 aliphatic rings. The third-order valence-corrected chi connectivity index (χ3v) is 11.8. The highest BCUT2D eigenvalue weighted by molar-refractivity contribution is 7.30. The molecule has 180 valence electrons. The number of hydrogen-bond donors (Lipinski definition) is 0. The zero-order valence-corrected chi connectivity index (χ0v) is 24.1. The van der Waals surface area contributed by atoms with E-state index in [2.05, 4.69) is 50.2 Å². The molecule has 0 unspecified atom stereocenters. The minimum absolute atomic E-state index is 1.04. The number of nitrogens with zero attached hydrogens (tertiary/aromatic N) is 2. The van der Waals surface area contributed by atoms with Crippen molar-refractivity contribution in [2.45, 2.75) is 65.2 Å². The van der Waals surface area contributed by atoms with E-state index in [1.54, 1.807) is 0 Å². The van der Waals surface area contributed by atoms with E-state index in [0.717, 1.165) is 11.0 Å². The zero-order valence-electron chi connectivity index (χ0n) is 20.1. The Morgan fingerprint density at radius 3 is 1.46 bits per heavy atom. The van der Waals surface area contributed by atoms with Crippen LogP contribution in [0.5, 0.6) is 0 Å². The van der Waals surface area contributed by atoms with Crippen LogP contribution in [0.4, 0.5) is 0 Å². The first-order chi connectivity index (χ1) is 17.2. The number of aryl methyl sites for hydroxylation is 2. The molecule has 0 saturated carbocycles. The number of hydrogen-bond acceptors (Lipinski definition) is 7. The van der Waals surface area contributed by atoms with Gasteiger partial charge in [-0.1, -0.05) is 51.7 Å². The van der Waals surface area contributed by atoms with Crippen LogP contribution >= 0.6 is 57.1 Å². The largest absolute Gasteiger partial charge is 0.172 e. The number of thiophene rings is 4. The van der Waals surface area contributed by atoms with Crippen LogP contribution < -0.4 is 0 Å².